The number of rotatable bonds is 4. The molecule has 4 nitrogen and oxygen atoms in total. The van der Waals surface area contributed by atoms with E-state index in [0.29, 0.717) is 0 Å². The Morgan fingerprint density at radius 1 is 1.17 bits per heavy atom. The number of nitrogens with zero attached hydrogens (tertiary/aromatic N) is 2. The number of H-pyrrole nitrogens is 2. The molecule has 0 radical (unpaired) electrons. The first kappa shape index (κ1) is 17.3. The van der Waals surface area contributed by atoms with Crippen LogP contribution in [0.15, 0.2) is 55.4 Å². The summed E-state index contributed by atoms with van der Waals surface area (Å²) in [7, 11) is 0. The van der Waals surface area contributed by atoms with Gasteiger partial charge in [0.05, 0.1) is 6.33 Å². The fourth-order valence-electron chi connectivity index (χ4n) is 2.00. The van der Waals surface area contributed by atoms with Gasteiger partial charge in [-0.2, -0.15) is 0 Å². The summed E-state index contributed by atoms with van der Waals surface area (Å²) < 4.78 is 0. The molecule has 0 bridgehead atoms. The van der Waals surface area contributed by atoms with Crippen molar-refractivity contribution < 1.29 is 0 Å². The minimum Gasteiger partial charge on any atom is -0.351 e. The van der Waals surface area contributed by atoms with Gasteiger partial charge in [-0.25, -0.2) is 9.97 Å². The van der Waals surface area contributed by atoms with Crippen LogP contribution in [0.3, 0.4) is 0 Å². The number of nitrogens with one attached hydrogen (secondary N) is 2. The Morgan fingerprint density at radius 2 is 1.96 bits per heavy atom. The van der Waals surface area contributed by atoms with Crippen molar-refractivity contribution in [3.05, 3.63) is 76.8 Å². The van der Waals surface area contributed by atoms with Crippen LogP contribution in [-0.2, 0) is 6.42 Å². The molecule has 23 heavy (non-hydrogen) atoms. The van der Waals surface area contributed by atoms with Crippen molar-refractivity contribution in [2.45, 2.75) is 19.8 Å². The molecular weight excluding hydrogens is 331 g/mol. The molecule has 120 valence electrons. The van der Waals surface area contributed by atoms with Gasteiger partial charge in [0.15, 0.2) is 0 Å². The molecular formula is C17H18Cl2N4. The monoisotopic (exact) mass is 348 g/mol. The molecule has 2 heterocycles. The summed E-state index contributed by atoms with van der Waals surface area (Å²) in [5.74, 6) is 0.903. The molecule has 1 aromatic carbocycles. The molecule has 0 aliphatic heterocycles. The molecule has 3 aromatic rings. The molecule has 6 heteroatoms. The first-order valence-corrected chi connectivity index (χ1v) is 7.96. The lowest BCUT2D eigenvalue weighted by molar-refractivity contribution is 0.999. The second-order valence-electron chi connectivity index (χ2n) is 4.82. The number of allylic oxidation sites excluding steroid dienone is 2. The maximum absolute atomic E-state index is 6.12. The Hall–Kier alpha value is -2.04. The molecule has 0 atom stereocenters. The molecule has 0 saturated carbocycles. The minimum atomic E-state index is 0.728. The van der Waals surface area contributed by atoms with E-state index in [4.69, 9.17) is 23.2 Å². The van der Waals surface area contributed by atoms with Gasteiger partial charge >= 0.3 is 0 Å². The molecule has 0 unspecified atom stereocenters. The Bertz CT molecular complexity index is 682. The number of benzene rings is 1. The maximum atomic E-state index is 6.12. The van der Waals surface area contributed by atoms with Crippen molar-refractivity contribution in [2.75, 3.05) is 0 Å². The summed E-state index contributed by atoms with van der Waals surface area (Å²) in [6.07, 6.45) is 12.5. The fourth-order valence-corrected chi connectivity index (χ4v) is 2.58. The highest BCUT2D eigenvalue weighted by atomic mass is 35.5. The van der Waals surface area contributed by atoms with Crippen LogP contribution in [0.5, 0.6) is 0 Å². The van der Waals surface area contributed by atoms with E-state index in [1.165, 1.54) is 0 Å². The van der Waals surface area contributed by atoms with Crippen molar-refractivity contribution in [3.63, 3.8) is 0 Å². The van der Waals surface area contributed by atoms with E-state index >= 15 is 0 Å². The summed E-state index contributed by atoms with van der Waals surface area (Å²) in [5.41, 5.74) is 2.13. The Kier molecular flexibility index (Phi) is 6.91. The van der Waals surface area contributed by atoms with E-state index in [-0.39, 0.29) is 0 Å². The summed E-state index contributed by atoms with van der Waals surface area (Å²) in [6.45, 7) is 2.03. The highest BCUT2D eigenvalue weighted by Crippen LogP contribution is 2.25. The highest BCUT2D eigenvalue weighted by Gasteiger charge is 2.04. The standard InChI is InChI=1S/C14H14Cl2N2.C3H4N2/c1-10(14-17-8-9-18-14)4-2-5-11-12(15)6-3-7-13(11)16;1-2-5-3-4-1/h3-4,6-9H,2,5H2,1H3,(H,17,18);1-3H,(H,4,5). The van der Waals surface area contributed by atoms with Crippen LogP contribution in [0.4, 0.5) is 0 Å². The first-order valence-electron chi connectivity index (χ1n) is 7.20. The highest BCUT2D eigenvalue weighted by molar-refractivity contribution is 6.35. The summed E-state index contributed by atoms with van der Waals surface area (Å²) in [4.78, 5) is 13.7. The molecule has 0 aliphatic carbocycles. The number of imidazole rings is 2. The SMILES string of the molecule is CC(=CCCc1c(Cl)cccc1Cl)c1ncc[nH]1.c1c[nH]cn1. The van der Waals surface area contributed by atoms with Crippen molar-refractivity contribution in [3.8, 4) is 0 Å². The number of hydrogen-bond donors (Lipinski definition) is 2. The lowest BCUT2D eigenvalue weighted by Crippen LogP contribution is -1.88. The first-order chi connectivity index (χ1) is 11.2. The van der Waals surface area contributed by atoms with Gasteiger partial charge in [0.2, 0.25) is 0 Å². The Morgan fingerprint density at radius 3 is 2.48 bits per heavy atom. The van der Waals surface area contributed by atoms with E-state index in [1.807, 2.05) is 31.3 Å². The van der Waals surface area contributed by atoms with Crippen LogP contribution in [-0.4, -0.2) is 19.9 Å². The quantitative estimate of drug-likeness (QED) is 0.683. The number of halogens is 2. The van der Waals surface area contributed by atoms with Crippen molar-refractivity contribution >= 4 is 28.8 Å². The topological polar surface area (TPSA) is 57.4 Å². The summed E-state index contributed by atoms with van der Waals surface area (Å²) in [5, 5.41) is 1.46. The van der Waals surface area contributed by atoms with E-state index in [0.717, 1.165) is 39.8 Å². The van der Waals surface area contributed by atoms with Gasteiger partial charge in [0.25, 0.3) is 0 Å². The molecule has 0 fully saturated rings. The van der Waals surface area contributed by atoms with Gasteiger partial charge in [-0.15, -0.1) is 0 Å². The molecule has 0 amide bonds. The van der Waals surface area contributed by atoms with Crippen LogP contribution in [0.2, 0.25) is 10.0 Å². The van der Waals surface area contributed by atoms with Crippen molar-refractivity contribution in [2.24, 2.45) is 0 Å². The minimum absolute atomic E-state index is 0.728. The van der Waals surface area contributed by atoms with Gasteiger partial charge < -0.3 is 9.97 Å². The second kappa shape index (κ2) is 9.18. The second-order valence-corrected chi connectivity index (χ2v) is 5.64. The molecule has 2 aromatic heterocycles. The molecule has 3 rings (SSSR count). The predicted octanol–water partition coefficient (Wildman–Crippen LogP) is 5.16. The van der Waals surface area contributed by atoms with E-state index < -0.39 is 0 Å². The van der Waals surface area contributed by atoms with E-state index in [1.54, 1.807) is 24.9 Å². The fraction of sp³-hybridized carbons (Fsp3) is 0.176. The largest absolute Gasteiger partial charge is 0.351 e. The van der Waals surface area contributed by atoms with Gasteiger partial charge in [0, 0.05) is 34.8 Å². The third kappa shape index (κ3) is 5.58. The number of hydrogen-bond acceptors (Lipinski definition) is 2. The Labute approximate surface area is 145 Å². The number of aromatic amines is 2. The van der Waals surface area contributed by atoms with Crippen LogP contribution in [0, 0.1) is 0 Å². The maximum Gasteiger partial charge on any atom is 0.132 e. The van der Waals surface area contributed by atoms with Gasteiger partial charge in [-0.3, -0.25) is 0 Å². The van der Waals surface area contributed by atoms with Crippen LogP contribution in [0.25, 0.3) is 5.57 Å². The average Bonchev–Trinajstić information content (AvgIpc) is 3.26. The average molecular weight is 349 g/mol. The molecule has 0 saturated heterocycles. The van der Waals surface area contributed by atoms with E-state index in [9.17, 15) is 0 Å². The molecule has 0 spiro atoms. The molecule has 0 aliphatic rings. The van der Waals surface area contributed by atoms with Gasteiger partial charge in [0.1, 0.15) is 5.82 Å². The zero-order valence-electron chi connectivity index (χ0n) is 12.8. The van der Waals surface area contributed by atoms with Crippen molar-refractivity contribution in [1.82, 2.24) is 19.9 Å². The van der Waals surface area contributed by atoms with Crippen LogP contribution in [0.1, 0.15) is 24.7 Å². The van der Waals surface area contributed by atoms with E-state index in [2.05, 4.69) is 26.0 Å². The zero-order chi connectivity index (χ0) is 16.5. The lowest BCUT2D eigenvalue weighted by atomic mass is 10.1. The zero-order valence-corrected chi connectivity index (χ0v) is 14.3. The summed E-state index contributed by atoms with van der Waals surface area (Å²) in [6, 6.07) is 5.59. The normalized spacial score (nSPS) is 11.0. The van der Waals surface area contributed by atoms with Crippen molar-refractivity contribution in [1.29, 1.82) is 0 Å². The molecule has 2 N–H and O–H groups in total. The van der Waals surface area contributed by atoms with Crippen LogP contribution >= 0.6 is 23.2 Å². The third-order valence-corrected chi connectivity index (χ3v) is 3.89. The summed E-state index contributed by atoms with van der Waals surface area (Å²) >= 11 is 12.2. The van der Waals surface area contributed by atoms with Gasteiger partial charge in [-0.05, 0) is 43.0 Å². The smallest absolute Gasteiger partial charge is 0.132 e. The Balaban J connectivity index is 0.000000326. The third-order valence-electron chi connectivity index (χ3n) is 3.18. The predicted molar refractivity (Wildman–Crippen MR) is 95.6 cm³/mol. The number of aromatic nitrogens is 4. The lowest BCUT2D eigenvalue weighted by Gasteiger charge is -2.05. The van der Waals surface area contributed by atoms with Gasteiger partial charge in [-0.1, -0.05) is 35.3 Å². The van der Waals surface area contributed by atoms with Crippen LogP contribution < -0.4 is 0 Å².